The molecule has 174 valence electrons. The molecule has 4 rings (SSSR count). The van der Waals surface area contributed by atoms with Gasteiger partial charge in [0.2, 0.25) is 0 Å². The summed E-state index contributed by atoms with van der Waals surface area (Å²) >= 11 is 0. The van der Waals surface area contributed by atoms with Crippen molar-refractivity contribution in [3.8, 4) is 5.75 Å². The Morgan fingerprint density at radius 3 is 2.73 bits per heavy atom. The number of morpholine rings is 1. The maximum absolute atomic E-state index is 12.7. The molecule has 1 saturated heterocycles. The van der Waals surface area contributed by atoms with E-state index >= 15 is 0 Å². The second-order valence-corrected chi connectivity index (χ2v) is 8.10. The topological polar surface area (TPSA) is 89.5 Å². The molecular weight excluding hydrogens is 422 g/mol. The van der Waals surface area contributed by atoms with Gasteiger partial charge in [0, 0.05) is 17.2 Å². The largest absolute Gasteiger partial charge is 0.493 e. The third-order valence-corrected chi connectivity index (χ3v) is 5.60. The van der Waals surface area contributed by atoms with Gasteiger partial charge in [0.15, 0.2) is 0 Å². The van der Waals surface area contributed by atoms with E-state index in [-0.39, 0.29) is 17.8 Å². The Kier molecular flexibility index (Phi) is 7.57. The van der Waals surface area contributed by atoms with Crippen LogP contribution in [0.15, 0.2) is 47.6 Å². The maximum atomic E-state index is 12.7. The number of carbonyl (C=O) groups is 2. The Labute approximate surface area is 193 Å². The summed E-state index contributed by atoms with van der Waals surface area (Å²) < 4.78 is 16.2. The first-order valence-electron chi connectivity index (χ1n) is 11.3. The monoisotopic (exact) mass is 451 g/mol. The number of amides is 1. The van der Waals surface area contributed by atoms with Crippen LogP contribution >= 0.6 is 0 Å². The van der Waals surface area contributed by atoms with Gasteiger partial charge in [-0.2, -0.15) is 5.10 Å². The minimum Gasteiger partial charge on any atom is -0.493 e. The van der Waals surface area contributed by atoms with Crippen LogP contribution in [0.4, 0.5) is 5.69 Å². The molecule has 8 heteroatoms. The lowest BCUT2D eigenvalue weighted by atomic mass is 9.93. The highest BCUT2D eigenvalue weighted by Crippen LogP contribution is 2.30. The molecule has 0 radical (unpaired) electrons. The number of hydrogen-bond acceptors (Lipinski definition) is 7. The zero-order valence-corrected chi connectivity index (χ0v) is 18.8. The normalized spacial score (nSPS) is 17.8. The van der Waals surface area contributed by atoms with E-state index in [4.69, 9.17) is 14.2 Å². The van der Waals surface area contributed by atoms with Crippen LogP contribution < -0.4 is 10.1 Å². The first-order valence-corrected chi connectivity index (χ1v) is 11.3. The van der Waals surface area contributed by atoms with Crippen molar-refractivity contribution >= 4 is 23.8 Å². The van der Waals surface area contributed by atoms with Crippen LogP contribution in [0, 0.1) is 5.92 Å². The zero-order valence-electron chi connectivity index (χ0n) is 18.8. The number of hydrogen-bond donors (Lipinski definition) is 1. The van der Waals surface area contributed by atoms with Crippen molar-refractivity contribution in [3.05, 3.63) is 59.2 Å². The maximum Gasteiger partial charge on any atom is 0.306 e. The van der Waals surface area contributed by atoms with E-state index in [1.165, 1.54) is 0 Å². The van der Waals surface area contributed by atoms with Gasteiger partial charge in [-0.15, -0.1) is 0 Å². The molecule has 33 heavy (non-hydrogen) atoms. The second-order valence-electron chi connectivity index (χ2n) is 8.10. The van der Waals surface area contributed by atoms with Gasteiger partial charge < -0.3 is 19.5 Å². The molecule has 0 saturated carbocycles. The third kappa shape index (κ3) is 6.32. The van der Waals surface area contributed by atoms with Crippen molar-refractivity contribution in [1.82, 2.24) is 5.01 Å². The Balaban J connectivity index is 1.32. The smallest absolute Gasteiger partial charge is 0.306 e. The Morgan fingerprint density at radius 2 is 1.97 bits per heavy atom. The molecule has 1 amide bonds. The van der Waals surface area contributed by atoms with Crippen molar-refractivity contribution in [1.29, 1.82) is 0 Å². The van der Waals surface area contributed by atoms with Gasteiger partial charge in [0.1, 0.15) is 5.75 Å². The van der Waals surface area contributed by atoms with Gasteiger partial charge in [0.25, 0.3) is 5.91 Å². The van der Waals surface area contributed by atoms with Crippen LogP contribution in [0.3, 0.4) is 0 Å². The number of carbonyl (C=O) groups excluding carboxylic acids is 2. The van der Waals surface area contributed by atoms with E-state index in [0.29, 0.717) is 49.8 Å². The summed E-state index contributed by atoms with van der Waals surface area (Å²) in [6, 6.07) is 13.0. The highest BCUT2D eigenvalue weighted by atomic mass is 16.5. The number of rotatable bonds is 7. The quantitative estimate of drug-likeness (QED) is 0.514. The van der Waals surface area contributed by atoms with Crippen LogP contribution in [0.1, 0.15) is 34.8 Å². The molecule has 8 nitrogen and oxygen atoms in total. The van der Waals surface area contributed by atoms with Gasteiger partial charge in [-0.1, -0.05) is 18.2 Å². The number of benzene rings is 2. The molecule has 1 atom stereocenters. The molecule has 0 spiro atoms. The Hall–Kier alpha value is -3.39. The molecule has 0 aromatic heterocycles. The lowest BCUT2D eigenvalue weighted by Gasteiger charge is -2.25. The zero-order chi connectivity index (χ0) is 23.0. The van der Waals surface area contributed by atoms with E-state index in [2.05, 4.69) is 10.4 Å². The number of anilines is 1. The van der Waals surface area contributed by atoms with Crippen molar-refractivity contribution in [3.63, 3.8) is 0 Å². The van der Waals surface area contributed by atoms with Gasteiger partial charge in [-0.3, -0.25) is 14.6 Å². The van der Waals surface area contributed by atoms with Crippen LogP contribution in [0.5, 0.6) is 5.75 Å². The summed E-state index contributed by atoms with van der Waals surface area (Å²) in [7, 11) is 0. The number of hydrazone groups is 1. The predicted molar refractivity (Wildman–Crippen MR) is 125 cm³/mol. The molecule has 2 heterocycles. The van der Waals surface area contributed by atoms with Crippen molar-refractivity contribution in [2.45, 2.75) is 19.8 Å². The number of nitrogens with one attached hydrogen (secondary N) is 1. The fourth-order valence-electron chi connectivity index (χ4n) is 3.84. The summed E-state index contributed by atoms with van der Waals surface area (Å²) in [5, 5.41) is 9.37. The first-order chi connectivity index (χ1) is 16.1. The lowest BCUT2D eigenvalue weighted by molar-refractivity contribution is -0.144. The van der Waals surface area contributed by atoms with Crippen LogP contribution in [-0.4, -0.2) is 62.6 Å². The van der Waals surface area contributed by atoms with Gasteiger partial charge in [-0.05, 0) is 48.7 Å². The summed E-state index contributed by atoms with van der Waals surface area (Å²) in [6.07, 6.45) is 2.87. The summed E-state index contributed by atoms with van der Waals surface area (Å²) in [6.45, 7) is 5.60. The summed E-state index contributed by atoms with van der Waals surface area (Å²) in [5.74, 6) is 0.368. The predicted octanol–water partition coefficient (Wildman–Crippen LogP) is 3.11. The Bertz CT molecular complexity index is 1000. The summed E-state index contributed by atoms with van der Waals surface area (Å²) in [4.78, 5) is 24.5. The van der Waals surface area contributed by atoms with Crippen LogP contribution in [0.25, 0.3) is 0 Å². The summed E-state index contributed by atoms with van der Waals surface area (Å²) in [5.41, 5.74) is 3.18. The minimum atomic E-state index is -0.205. The van der Waals surface area contributed by atoms with E-state index in [0.717, 1.165) is 30.6 Å². The van der Waals surface area contributed by atoms with E-state index in [1.807, 2.05) is 41.6 Å². The second kappa shape index (κ2) is 11.0. The molecule has 1 N–H and O–H groups in total. The van der Waals surface area contributed by atoms with E-state index < -0.39 is 0 Å². The lowest BCUT2D eigenvalue weighted by Crippen LogP contribution is -2.32. The number of nitrogens with zero attached hydrogens (tertiary/aromatic N) is 2. The molecule has 2 aliphatic heterocycles. The molecular formula is C25H29N3O5. The molecule has 0 bridgehead atoms. The van der Waals surface area contributed by atoms with Crippen molar-refractivity contribution in [2.75, 3.05) is 44.8 Å². The SMILES string of the molecule is CCOC(=O)CC1COc2cc(C(=O)Nc3ccc(/C=N/N4CCOCC4)cc3)ccc2C1. The number of ether oxygens (including phenoxy) is 3. The molecule has 2 aromatic rings. The number of fused-ring (bicyclic) bond motifs is 1. The standard InChI is InChI=1S/C25H29N3O5/c1-2-32-24(29)14-19-13-20-5-6-21(15-23(20)33-17-19)25(30)27-22-7-3-18(4-8-22)16-26-28-9-11-31-12-10-28/h3-8,15-16,19H,2,9-14,17H2,1H3,(H,27,30)/b26-16+. The fraction of sp³-hybridized carbons (Fsp3) is 0.400. The van der Waals surface area contributed by atoms with Crippen LogP contribution in [0.2, 0.25) is 0 Å². The van der Waals surface area contributed by atoms with Crippen LogP contribution in [-0.2, 0) is 20.7 Å². The third-order valence-electron chi connectivity index (χ3n) is 5.60. The molecule has 1 fully saturated rings. The van der Waals surface area contributed by atoms with Gasteiger partial charge in [0.05, 0.1) is 52.2 Å². The minimum absolute atomic E-state index is 0.0847. The molecule has 2 aromatic carbocycles. The van der Waals surface area contributed by atoms with E-state index in [1.54, 1.807) is 19.1 Å². The van der Waals surface area contributed by atoms with Gasteiger partial charge in [-0.25, -0.2) is 0 Å². The van der Waals surface area contributed by atoms with Crippen molar-refractivity contribution < 1.29 is 23.8 Å². The molecule has 2 aliphatic rings. The van der Waals surface area contributed by atoms with Crippen molar-refractivity contribution in [2.24, 2.45) is 11.0 Å². The first kappa shape index (κ1) is 22.8. The van der Waals surface area contributed by atoms with E-state index in [9.17, 15) is 9.59 Å². The Morgan fingerprint density at radius 1 is 1.18 bits per heavy atom. The van der Waals surface area contributed by atoms with Gasteiger partial charge >= 0.3 is 5.97 Å². The molecule has 0 aliphatic carbocycles. The molecule has 1 unspecified atom stereocenters. The highest BCUT2D eigenvalue weighted by Gasteiger charge is 2.24. The average molecular weight is 452 g/mol. The average Bonchev–Trinajstić information content (AvgIpc) is 2.84. The fourth-order valence-corrected chi connectivity index (χ4v) is 3.84. The highest BCUT2D eigenvalue weighted by molar-refractivity contribution is 6.04. The number of esters is 1.